The van der Waals surface area contributed by atoms with Gasteiger partial charge < -0.3 is 14.7 Å². The maximum absolute atomic E-state index is 13.1. The minimum atomic E-state index is -0.600. The summed E-state index contributed by atoms with van der Waals surface area (Å²) >= 11 is 1.31. The SMILES string of the molecule is Cc1ccc([C@H]2C(C(=O)c3cccs3)=C(O)C(=O)N2C[C@@H]2CCCO2)cc1. The number of carbonyl (C=O) groups excluding carboxylic acids is 2. The molecule has 0 saturated carbocycles. The average Bonchev–Trinajstić information content (AvgIpc) is 3.41. The quantitative estimate of drug-likeness (QED) is 0.797. The summed E-state index contributed by atoms with van der Waals surface area (Å²) in [5.74, 6) is -1.25. The second-order valence-electron chi connectivity index (χ2n) is 6.97. The summed E-state index contributed by atoms with van der Waals surface area (Å²) in [5, 5.41) is 12.4. The Morgan fingerprint density at radius 2 is 2.07 bits per heavy atom. The van der Waals surface area contributed by atoms with Gasteiger partial charge in [-0.1, -0.05) is 35.9 Å². The molecule has 0 aliphatic carbocycles. The molecule has 1 aromatic heterocycles. The van der Waals surface area contributed by atoms with E-state index in [-0.39, 0.29) is 17.5 Å². The minimum absolute atomic E-state index is 0.0640. The number of Topliss-reactive ketones (excluding diaryl/α,β-unsaturated/α-hetero) is 1. The standard InChI is InChI=1S/C21H21NO4S/c1-13-6-8-14(9-7-13)18-17(19(23)16-5-3-11-27-16)20(24)21(25)22(18)12-15-4-2-10-26-15/h3,5-9,11,15,18,24H,2,4,10,12H2,1H3/t15-,18-/m0/s1. The number of hydrogen-bond donors (Lipinski definition) is 1. The van der Waals surface area contributed by atoms with Gasteiger partial charge in [0.05, 0.1) is 22.6 Å². The van der Waals surface area contributed by atoms with Crippen LogP contribution in [0.2, 0.25) is 0 Å². The lowest BCUT2D eigenvalue weighted by atomic mass is 9.94. The molecule has 0 spiro atoms. The predicted octanol–water partition coefficient (Wildman–Crippen LogP) is 3.81. The van der Waals surface area contributed by atoms with Crippen molar-refractivity contribution in [2.45, 2.75) is 31.9 Å². The van der Waals surface area contributed by atoms with E-state index >= 15 is 0 Å². The number of ether oxygens (including phenoxy) is 1. The Morgan fingerprint density at radius 3 is 2.70 bits per heavy atom. The molecular weight excluding hydrogens is 362 g/mol. The van der Waals surface area contributed by atoms with Gasteiger partial charge >= 0.3 is 0 Å². The fourth-order valence-corrected chi connectivity index (χ4v) is 4.40. The molecule has 1 aromatic carbocycles. The molecule has 2 aromatic rings. The van der Waals surface area contributed by atoms with Crippen molar-refractivity contribution in [1.29, 1.82) is 0 Å². The molecule has 2 aliphatic heterocycles. The summed E-state index contributed by atoms with van der Waals surface area (Å²) in [6, 6.07) is 10.6. The van der Waals surface area contributed by atoms with Crippen molar-refractivity contribution < 1.29 is 19.4 Å². The van der Waals surface area contributed by atoms with Crippen LogP contribution >= 0.6 is 11.3 Å². The highest BCUT2D eigenvalue weighted by molar-refractivity contribution is 7.12. The molecule has 1 saturated heterocycles. The Hall–Kier alpha value is -2.44. The Morgan fingerprint density at radius 1 is 1.30 bits per heavy atom. The van der Waals surface area contributed by atoms with E-state index in [1.165, 1.54) is 11.3 Å². The molecule has 2 aliphatic rings. The molecule has 1 amide bonds. The minimum Gasteiger partial charge on any atom is -0.503 e. The second kappa shape index (κ2) is 7.29. The number of carbonyl (C=O) groups is 2. The number of hydrogen-bond acceptors (Lipinski definition) is 5. The first-order chi connectivity index (χ1) is 13.1. The smallest absolute Gasteiger partial charge is 0.290 e. The van der Waals surface area contributed by atoms with Gasteiger partial charge in [0.2, 0.25) is 5.78 Å². The Bertz CT molecular complexity index is 879. The summed E-state index contributed by atoms with van der Waals surface area (Å²) in [5.41, 5.74) is 2.06. The van der Waals surface area contributed by atoms with Gasteiger partial charge in [0.15, 0.2) is 5.76 Å². The molecule has 5 nitrogen and oxygen atoms in total. The van der Waals surface area contributed by atoms with Crippen molar-refractivity contribution in [3.8, 4) is 0 Å². The molecule has 27 heavy (non-hydrogen) atoms. The zero-order valence-electron chi connectivity index (χ0n) is 15.1. The van der Waals surface area contributed by atoms with Gasteiger partial charge in [0.25, 0.3) is 5.91 Å². The first-order valence-corrected chi connectivity index (χ1v) is 9.94. The van der Waals surface area contributed by atoms with Gasteiger partial charge in [-0.2, -0.15) is 0 Å². The lowest BCUT2D eigenvalue weighted by molar-refractivity contribution is -0.131. The lowest BCUT2D eigenvalue weighted by Crippen LogP contribution is -2.37. The summed E-state index contributed by atoms with van der Waals surface area (Å²) in [4.78, 5) is 28.0. The van der Waals surface area contributed by atoms with E-state index in [9.17, 15) is 14.7 Å². The Balaban J connectivity index is 1.75. The van der Waals surface area contributed by atoms with Gasteiger partial charge in [0.1, 0.15) is 0 Å². The molecule has 0 bridgehead atoms. The van der Waals surface area contributed by atoms with Crippen molar-refractivity contribution in [3.05, 3.63) is 69.1 Å². The molecule has 2 atom stereocenters. The number of aliphatic hydroxyl groups excluding tert-OH is 1. The van der Waals surface area contributed by atoms with Crippen LogP contribution in [-0.4, -0.2) is 41.0 Å². The van der Waals surface area contributed by atoms with Gasteiger partial charge in [-0.3, -0.25) is 9.59 Å². The maximum atomic E-state index is 13.1. The maximum Gasteiger partial charge on any atom is 0.290 e. The van der Waals surface area contributed by atoms with Crippen LogP contribution in [0.1, 0.15) is 39.7 Å². The lowest BCUT2D eigenvalue weighted by Gasteiger charge is -2.29. The zero-order valence-corrected chi connectivity index (χ0v) is 15.9. The van der Waals surface area contributed by atoms with Crippen LogP contribution in [0.25, 0.3) is 0 Å². The number of amides is 1. The fraction of sp³-hybridized carbons (Fsp3) is 0.333. The van der Waals surface area contributed by atoms with Crippen LogP contribution in [0, 0.1) is 6.92 Å². The summed E-state index contributed by atoms with van der Waals surface area (Å²) in [6.07, 6.45) is 1.77. The van der Waals surface area contributed by atoms with Crippen molar-refractivity contribution in [1.82, 2.24) is 4.90 Å². The van der Waals surface area contributed by atoms with E-state index < -0.39 is 17.7 Å². The average molecular weight is 383 g/mol. The van der Waals surface area contributed by atoms with Gasteiger partial charge in [0, 0.05) is 13.2 Å². The number of ketones is 1. The predicted molar refractivity (Wildman–Crippen MR) is 103 cm³/mol. The van der Waals surface area contributed by atoms with E-state index in [4.69, 9.17) is 4.74 Å². The highest BCUT2D eigenvalue weighted by atomic mass is 32.1. The normalized spacial score (nSPS) is 22.7. The largest absolute Gasteiger partial charge is 0.503 e. The van der Waals surface area contributed by atoms with Crippen LogP contribution in [0.3, 0.4) is 0 Å². The summed E-state index contributed by atoms with van der Waals surface area (Å²) in [7, 11) is 0. The zero-order chi connectivity index (χ0) is 19.0. The molecule has 140 valence electrons. The first kappa shape index (κ1) is 17.9. The monoisotopic (exact) mass is 383 g/mol. The van der Waals surface area contributed by atoms with E-state index in [1.54, 1.807) is 17.0 Å². The Labute approximate surface area is 161 Å². The van der Waals surface area contributed by atoms with Crippen molar-refractivity contribution in [2.24, 2.45) is 0 Å². The van der Waals surface area contributed by atoms with Crippen LogP contribution in [0.4, 0.5) is 0 Å². The molecular formula is C21H21NO4S. The molecule has 1 fully saturated rings. The molecule has 4 rings (SSSR count). The van der Waals surface area contributed by atoms with E-state index in [1.807, 2.05) is 36.6 Å². The second-order valence-corrected chi connectivity index (χ2v) is 7.92. The fourth-order valence-electron chi connectivity index (χ4n) is 3.72. The van der Waals surface area contributed by atoms with Gasteiger partial charge in [-0.15, -0.1) is 11.3 Å². The van der Waals surface area contributed by atoms with Crippen molar-refractivity contribution >= 4 is 23.0 Å². The van der Waals surface area contributed by atoms with Gasteiger partial charge in [-0.25, -0.2) is 0 Å². The number of aliphatic hydroxyl groups is 1. The van der Waals surface area contributed by atoms with Crippen molar-refractivity contribution in [3.63, 3.8) is 0 Å². The van der Waals surface area contributed by atoms with E-state index in [0.29, 0.717) is 18.0 Å². The first-order valence-electron chi connectivity index (χ1n) is 9.06. The number of nitrogens with zero attached hydrogens (tertiary/aromatic N) is 1. The third kappa shape index (κ3) is 3.31. The number of aryl methyl sites for hydroxylation is 1. The highest BCUT2D eigenvalue weighted by Crippen LogP contribution is 2.40. The van der Waals surface area contributed by atoms with Crippen LogP contribution in [0.5, 0.6) is 0 Å². The number of thiophene rings is 1. The summed E-state index contributed by atoms with van der Waals surface area (Å²) in [6.45, 7) is 3.03. The highest BCUT2D eigenvalue weighted by Gasteiger charge is 2.44. The summed E-state index contributed by atoms with van der Waals surface area (Å²) < 4.78 is 5.69. The van der Waals surface area contributed by atoms with E-state index in [0.717, 1.165) is 24.0 Å². The molecule has 6 heteroatoms. The van der Waals surface area contributed by atoms with E-state index in [2.05, 4.69) is 0 Å². The van der Waals surface area contributed by atoms with Crippen molar-refractivity contribution in [2.75, 3.05) is 13.2 Å². The number of rotatable bonds is 5. The molecule has 1 N–H and O–H groups in total. The van der Waals surface area contributed by atoms with Crippen LogP contribution in [-0.2, 0) is 9.53 Å². The molecule has 3 heterocycles. The van der Waals surface area contributed by atoms with Gasteiger partial charge in [-0.05, 0) is 36.8 Å². The topological polar surface area (TPSA) is 66.8 Å². The molecule has 0 radical (unpaired) electrons. The van der Waals surface area contributed by atoms with Crippen LogP contribution < -0.4 is 0 Å². The van der Waals surface area contributed by atoms with Crippen LogP contribution in [0.15, 0.2) is 53.1 Å². The third-order valence-electron chi connectivity index (χ3n) is 5.11. The third-order valence-corrected chi connectivity index (χ3v) is 5.98. The Kier molecular flexibility index (Phi) is 4.85. The molecule has 0 unspecified atom stereocenters. The number of benzene rings is 1.